The molecule has 13 heavy (non-hydrogen) atoms. The standard InChI is InChI=1S/C9H17FN2O/c1-11-9(13)6-8-2-4-12(7-8)5-3-10/h8H,2-7H2,1H3,(H,11,13)/t8-/m0/s1. The first-order valence-electron chi connectivity index (χ1n) is 4.75. The fraction of sp³-hybridized carbons (Fsp3) is 0.889. The summed E-state index contributed by atoms with van der Waals surface area (Å²) in [5, 5.41) is 2.61. The van der Waals surface area contributed by atoms with E-state index in [9.17, 15) is 9.18 Å². The molecule has 0 unspecified atom stereocenters. The van der Waals surface area contributed by atoms with Gasteiger partial charge < -0.3 is 10.2 Å². The minimum atomic E-state index is -0.285. The fourth-order valence-corrected chi connectivity index (χ4v) is 1.77. The predicted octanol–water partition coefficient (Wildman–Crippen LogP) is 0.414. The summed E-state index contributed by atoms with van der Waals surface area (Å²) in [6.07, 6.45) is 1.60. The molecule has 0 radical (unpaired) electrons. The van der Waals surface area contributed by atoms with Crippen molar-refractivity contribution in [1.29, 1.82) is 0 Å². The number of halogens is 1. The maximum atomic E-state index is 12.0. The van der Waals surface area contributed by atoms with Gasteiger partial charge in [-0.1, -0.05) is 0 Å². The van der Waals surface area contributed by atoms with Crippen LogP contribution < -0.4 is 5.32 Å². The van der Waals surface area contributed by atoms with E-state index < -0.39 is 0 Å². The highest BCUT2D eigenvalue weighted by Gasteiger charge is 2.23. The lowest BCUT2D eigenvalue weighted by Crippen LogP contribution is -2.25. The van der Waals surface area contributed by atoms with E-state index in [4.69, 9.17) is 0 Å². The zero-order valence-electron chi connectivity index (χ0n) is 8.05. The number of carbonyl (C=O) groups is 1. The summed E-state index contributed by atoms with van der Waals surface area (Å²) in [5.74, 6) is 0.513. The monoisotopic (exact) mass is 188 g/mol. The topological polar surface area (TPSA) is 32.3 Å². The van der Waals surface area contributed by atoms with Crippen LogP contribution in [0.4, 0.5) is 4.39 Å². The van der Waals surface area contributed by atoms with E-state index in [1.807, 2.05) is 0 Å². The van der Waals surface area contributed by atoms with Crippen molar-refractivity contribution in [2.75, 3.05) is 33.4 Å². The Morgan fingerprint density at radius 1 is 1.69 bits per heavy atom. The normalized spacial score (nSPS) is 23.4. The van der Waals surface area contributed by atoms with Gasteiger partial charge in [-0.2, -0.15) is 0 Å². The lowest BCUT2D eigenvalue weighted by molar-refractivity contribution is -0.121. The first-order valence-corrected chi connectivity index (χ1v) is 4.75. The molecule has 0 aromatic carbocycles. The van der Waals surface area contributed by atoms with Crippen molar-refractivity contribution in [1.82, 2.24) is 10.2 Å². The Kier molecular flexibility index (Phi) is 4.15. The zero-order valence-corrected chi connectivity index (χ0v) is 8.05. The maximum absolute atomic E-state index is 12.0. The first kappa shape index (κ1) is 10.4. The van der Waals surface area contributed by atoms with Gasteiger partial charge in [0, 0.05) is 26.6 Å². The second kappa shape index (κ2) is 5.17. The summed E-state index contributed by atoms with van der Waals surface area (Å²) in [6.45, 7) is 2.04. The Balaban J connectivity index is 2.20. The summed E-state index contributed by atoms with van der Waals surface area (Å²) >= 11 is 0. The summed E-state index contributed by atoms with van der Waals surface area (Å²) < 4.78 is 12.0. The summed E-state index contributed by atoms with van der Waals surface area (Å²) in [4.78, 5) is 13.1. The van der Waals surface area contributed by atoms with Crippen LogP contribution in [0.2, 0.25) is 0 Å². The number of rotatable bonds is 4. The number of likely N-dealkylation sites (tertiary alicyclic amines) is 1. The summed E-state index contributed by atoms with van der Waals surface area (Å²) in [6, 6.07) is 0. The van der Waals surface area contributed by atoms with Crippen LogP contribution in [0.1, 0.15) is 12.8 Å². The number of alkyl halides is 1. The number of hydrogen-bond donors (Lipinski definition) is 1. The molecule has 1 heterocycles. The molecule has 76 valence electrons. The molecule has 0 aliphatic carbocycles. The number of hydrogen-bond acceptors (Lipinski definition) is 2. The maximum Gasteiger partial charge on any atom is 0.220 e. The van der Waals surface area contributed by atoms with Crippen molar-refractivity contribution in [3.63, 3.8) is 0 Å². The SMILES string of the molecule is CNC(=O)C[C@@H]1CCN(CCF)C1. The highest BCUT2D eigenvalue weighted by atomic mass is 19.1. The van der Waals surface area contributed by atoms with Crippen LogP contribution in [0.25, 0.3) is 0 Å². The van der Waals surface area contributed by atoms with E-state index in [0.29, 0.717) is 18.9 Å². The van der Waals surface area contributed by atoms with Gasteiger partial charge in [0.15, 0.2) is 0 Å². The Morgan fingerprint density at radius 3 is 3.08 bits per heavy atom. The van der Waals surface area contributed by atoms with Crippen LogP contribution in [0.3, 0.4) is 0 Å². The summed E-state index contributed by atoms with van der Waals surface area (Å²) in [5.41, 5.74) is 0. The molecule has 3 nitrogen and oxygen atoms in total. The van der Waals surface area contributed by atoms with E-state index in [0.717, 1.165) is 19.5 Å². The van der Waals surface area contributed by atoms with E-state index in [1.165, 1.54) is 0 Å². The van der Waals surface area contributed by atoms with Crippen LogP contribution in [-0.4, -0.2) is 44.2 Å². The third-order valence-corrected chi connectivity index (χ3v) is 2.52. The molecular formula is C9H17FN2O. The van der Waals surface area contributed by atoms with Crippen molar-refractivity contribution in [3.8, 4) is 0 Å². The lowest BCUT2D eigenvalue weighted by atomic mass is 10.1. The van der Waals surface area contributed by atoms with Crippen LogP contribution in [0.15, 0.2) is 0 Å². The van der Waals surface area contributed by atoms with Gasteiger partial charge in [-0.05, 0) is 18.9 Å². The molecule has 1 aliphatic rings. The number of carbonyl (C=O) groups excluding carboxylic acids is 1. The molecule has 0 aromatic rings. The molecule has 1 fully saturated rings. The molecule has 0 bridgehead atoms. The molecule has 1 amide bonds. The second-order valence-corrected chi connectivity index (χ2v) is 3.52. The average Bonchev–Trinajstić information content (AvgIpc) is 2.53. The molecule has 1 aliphatic heterocycles. The Bertz CT molecular complexity index is 175. The van der Waals surface area contributed by atoms with Gasteiger partial charge in [-0.25, -0.2) is 4.39 Å². The molecule has 0 spiro atoms. The van der Waals surface area contributed by atoms with Gasteiger partial charge in [0.25, 0.3) is 0 Å². The molecule has 0 aromatic heterocycles. The van der Waals surface area contributed by atoms with Gasteiger partial charge in [0.05, 0.1) is 0 Å². The predicted molar refractivity (Wildman–Crippen MR) is 49.2 cm³/mol. The van der Waals surface area contributed by atoms with Crippen molar-refractivity contribution in [3.05, 3.63) is 0 Å². The van der Waals surface area contributed by atoms with Gasteiger partial charge >= 0.3 is 0 Å². The molecule has 1 saturated heterocycles. The second-order valence-electron chi connectivity index (χ2n) is 3.52. The quantitative estimate of drug-likeness (QED) is 0.693. The largest absolute Gasteiger partial charge is 0.359 e. The third kappa shape index (κ3) is 3.30. The van der Waals surface area contributed by atoms with Gasteiger partial charge in [0.2, 0.25) is 5.91 Å². The van der Waals surface area contributed by atoms with Crippen LogP contribution in [0.5, 0.6) is 0 Å². The molecule has 0 saturated carbocycles. The third-order valence-electron chi connectivity index (χ3n) is 2.52. The highest BCUT2D eigenvalue weighted by Crippen LogP contribution is 2.18. The van der Waals surface area contributed by atoms with Crippen molar-refractivity contribution in [2.45, 2.75) is 12.8 Å². The summed E-state index contributed by atoms with van der Waals surface area (Å²) in [7, 11) is 1.65. The van der Waals surface area contributed by atoms with Crippen molar-refractivity contribution in [2.24, 2.45) is 5.92 Å². The first-order chi connectivity index (χ1) is 6.26. The van der Waals surface area contributed by atoms with E-state index in [-0.39, 0.29) is 12.6 Å². The van der Waals surface area contributed by atoms with E-state index >= 15 is 0 Å². The van der Waals surface area contributed by atoms with Crippen LogP contribution in [-0.2, 0) is 4.79 Å². The molecule has 1 N–H and O–H groups in total. The fourth-order valence-electron chi connectivity index (χ4n) is 1.77. The zero-order chi connectivity index (χ0) is 9.68. The van der Waals surface area contributed by atoms with Gasteiger partial charge in [0.1, 0.15) is 6.67 Å². The Hall–Kier alpha value is -0.640. The lowest BCUT2D eigenvalue weighted by Gasteiger charge is -2.12. The molecule has 1 atom stereocenters. The minimum absolute atomic E-state index is 0.0899. The minimum Gasteiger partial charge on any atom is -0.359 e. The van der Waals surface area contributed by atoms with Crippen LogP contribution in [0, 0.1) is 5.92 Å². The van der Waals surface area contributed by atoms with Crippen LogP contribution >= 0.6 is 0 Å². The average molecular weight is 188 g/mol. The highest BCUT2D eigenvalue weighted by molar-refractivity contribution is 5.75. The molecule has 1 rings (SSSR count). The van der Waals surface area contributed by atoms with Gasteiger partial charge in [-0.15, -0.1) is 0 Å². The smallest absolute Gasteiger partial charge is 0.220 e. The Morgan fingerprint density at radius 2 is 2.46 bits per heavy atom. The van der Waals surface area contributed by atoms with Crippen molar-refractivity contribution < 1.29 is 9.18 Å². The van der Waals surface area contributed by atoms with E-state index in [1.54, 1.807) is 7.05 Å². The van der Waals surface area contributed by atoms with Gasteiger partial charge in [-0.3, -0.25) is 4.79 Å². The Labute approximate surface area is 78.3 Å². The number of nitrogens with zero attached hydrogens (tertiary/aromatic N) is 1. The molecular weight excluding hydrogens is 171 g/mol. The number of nitrogens with one attached hydrogen (secondary N) is 1. The number of amides is 1. The van der Waals surface area contributed by atoms with E-state index in [2.05, 4.69) is 10.2 Å². The molecule has 4 heteroatoms. The van der Waals surface area contributed by atoms with Crippen molar-refractivity contribution >= 4 is 5.91 Å².